The number of hydrogen-bond donors (Lipinski definition) is 0. The molecule has 1 heterocycles. The van der Waals surface area contributed by atoms with Crippen molar-refractivity contribution in [3.63, 3.8) is 0 Å². The highest BCUT2D eigenvalue weighted by Gasteiger charge is 2.28. The monoisotopic (exact) mass is 271 g/mol. The van der Waals surface area contributed by atoms with Crippen LogP contribution in [0.15, 0.2) is 24.3 Å². The Labute approximate surface area is 96.2 Å². The van der Waals surface area contributed by atoms with Gasteiger partial charge in [-0.3, -0.25) is 4.79 Å². The minimum Gasteiger partial charge on any atom is -0.309 e. The third kappa shape index (κ3) is 2.04. The molecule has 0 unspecified atom stereocenters. The fourth-order valence-corrected chi connectivity index (χ4v) is 2.31. The number of benzene rings is 1. The summed E-state index contributed by atoms with van der Waals surface area (Å²) in [6.45, 7) is 0.599. The largest absolute Gasteiger partial charge is 0.309 e. The highest BCUT2D eigenvalue weighted by molar-refractivity contribution is 9.10. The Kier molecular flexibility index (Phi) is 3.05. The zero-order chi connectivity index (χ0) is 10.8. The molecule has 2 rings (SSSR count). The highest BCUT2D eigenvalue weighted by Crippen LogP contribution is 2.26. The summed E-state index contributed by atoms with van der Waals surface area (Å²) in [7, 11) is 0. The first-order valence-corrected chi connectivity index (χ1v) is 5.81. The van der Waals surface area contributed by atoms with Crippen LogP contribution in [0.2, 0.25) is 0 Å². The van der Waals surface area contributed by atoms with Gasteiger partial charge >= 0.3 is 0 Å². The number of rotatable bonds is 1. The van der Waals surface area contributed by atoms with Crippen LogP contribution < -0.4 is 4.90 Å². The molecule has 1 aromatic carbocycles. The summed E-state index contributed by atoms with van der Waals surface area (Å²) in [4.78, 5) is 13.1. The summed E-state index contributed by atoms with van der Waals surface area (Å²) in [5.41, 5.74) is 0.381. The van der Waals surface area contributed by atoms with E-state index >= 15 is 0 Å². The molecular weight excluding hydrogens is 261 g/mol. The number of amides is 1. The van der Waals surface area contributed by atoms with Gasteiger partial charge in [0.2, 0.25) is 5.91 Å². The first-order chi connectivity index (χ1) is 7.20. The lowest BCUT2D eigenvalue weighted by Gasteiger charge is -2.29. The van der Waals surface area contributed by atoms with Crippen LogP contribution in [0.1, 0.15) is 12.8 Å². The third-order valence-electron chi connectivity index (χ3n) is 2.52. The van der Waals surface area contributed by atoms with E-state index in [2.05, 4.69) is 15.9 Å². The minimum atomic E-state index is -0.340. The molecule has 15 heavy (non-hydrogen) atoms. The number of anilines is 1. The molecule has 0 saturated carbocycles. The predicted octanol–water partition coefficient (Wildman–Crippen LogP) is 2.72. The number of nitrogens with zero attached hydrogens (tertiary/aromatic N) is 1. The molecule has 1 aliphatic heterocycles. The molecule has 1 amide bonds. The van der Waals surface area contributed by atoms with Crippen LogP contribution in [0.25, 0.3) is 0 Å². The van der Waals surface area contributed by atoms with Gasteiger partial charge in [-0.2, -0.15) is 0 Å². The number of halogens is 2. The van der Waals surface area contributed by atoms with Crippen LogP contribution in [-0.4, -0.2) is 17.3 Å². The van der Waals surface area contributed by atoms with E-state index in [1.54, 1.807) is 18.2 Å². The van der Waals surface area contributed by atoms with E-state index in [1.807, 2.05) is 0 Å². The van der Waals surface area contributed by atoms with Crippen molar-refractivity contribution in [1.29, 1.82) is 0 Å². The van der Waals surface area contributed by atoms with Crippen LogP contribution in [0.3, 0.4) is 0 Å². The lowest BCUT2D eigenvalue weighted by molar-refractivity contribution is -0.118. The second kappa shape index (κ2) is 4.31. The number of hydrogen-bond acceptors (Lipinski definition) is 1. The van der Waals surface area contributed by atoms with Crippen LogP contribution in [0, 0.1) is 5.82 Å². The standard InChI is InChI=1S/C11H11BrFNO/c12-8-4-3-7-14(11(8)15)10-6-2-1-5-9(10)13/h1-2,5-6,8H,3-4,7H2/t8-/m0/s1. The van der Waals surface area contributed by atoms with E-state index in [9.17, 15) is 9.18 Å². The topological polar surface area (TPSA) is 20.3 Å². The molecule has 0 bridgehead atoms. The summed E-state index contributed by atoms with van der Waals surface area (Å²) >= 11 is 3.30. The van der Waals surface area contributed by atoms with Crippen molar-refractivity contribution in [3.05, 3.63) is 30.1 Å². The van der Waals surface area contributed by atoms with Gasteiger partial charge in [0.05, 0.1) is 10.5 Å². The molecule has 4 heteroatoms. The molecule has 1 aliphatic rings. The Balaban J connectivity index is 2.30. The number of carbonyl (C=O) groups is 1. The predicted molar refractivity (Wildman–Crippen MR) is 60.7 cm³/mol. The fourth-order valence-electron chi connectivity index (χ4n) is 1.74. The molecule has 0 aliphatic carbocycles. The van der Waals surface area contributed by atoms with E-state index in [0.717, 1.165) is 12.8 Å². The van der Waals surface area contributed by atoms with Gasteiger partial charge in [-0.1, -0.05) is 28.1 Å². The van der Waals surface area contributed by atoms with Crippen molar-refractivity contribution >= 4 is 27.5 Å². The summed E-state index contributed by atoms with van der Waals surface area (Å²) < 4.78 is 13.5. The van der Waals surface area contributed by atoms with E-state index in [0.29, 0.717) is 12.2 Å². The molecule has 0 aromatic heterocycles. The Bertz CT molecular complexity index is 383. The fraction of sp³-hybridized carbons (Fsp3) is 0.364. The van der Waals surface area contributed by atoms with Gasteiger partial charge in [-0.05, 0) is 25.0 Å². The van der Waals surface area contributed by atoms with Gasteiger partial charge < -0.3 is 4.90 Å². The van der Waals surface area contributed by atoms with Crippen molar-refractivity contribution in [2.45, 2.75) is 17.7 Å². The smallest absolute Gasteiger partial charge is 0.240 e. The van der Waals surface area contributed by atoms with Crippen LogP contribution in [0.5, 0.6) is 0 Å². The van der Waals surface area contributed by atoms with Crippen molar-refractivity contribution in [2.24, 2.45) is 0 Å². The highest BCUT2D eigenvalue weighted by atomic mass is 79.9. The zero-order valence-electron chi connectivity index (χ0n) is 8.12. The molecule has 0 N–H and O–H groups in total. The van der Waals surface area contributed by atoms with E-state index in [4.69, 9.17) is 0 Å². The lowest BCUT2D eigenvalue weighted by atomic mass is 10.1. The zero-order valence-corrected chi connectivity index (χ0v) is 9.71. The van der Waals surface area contributed by atoms with Gasteiger partial charge in [-0.25, -0.2) is 4.39 Å². The molecule has 0 radical (unpaired) electrons. The molecule has 1 saturated heterocycles. The molecule has 1 aromatic rings. The van der Waals surface area contributed by atoms with Gasteiger partial charge in [0.15, 0.2) is 0 Å². The molecule has 1 atom stereocenters. The molecule has 1 fully saturated rings. The quantitative estimate of drug-likeness (QED) is 0.720. The molecule has 80 valence electrons. The first kappa shape index (κ1) is 10.6. The second-order valence-electron chi connectivity index (χ2n) is 3.55. The SMILES string of the molecule is O=C1[C@@H](Br)CCCN1c1ccccc1F. The third-order valence-corrected chi connectivity index (χ3v) is 3.37. The van der Waals surface area contributed by atoms with Gasteiger partial charge in [-0.15, -0.1) is 0 Å². The Morgan fingerprint density at radius 2 is 2.13 bits per heavy atom. The average Bonchev–Trinajstić information content (AvgIpc) is 2.23. The number of alkyl halides is 1. The summed E-state index contributed by atoms with van der Waals surface area (Å²) in [6.07, 6.45) is 1.72. The minimum absolute atomic E-state index is 0.0497. The number of piperidine rings is 1. The Morgan fingerprint density at radius 3 is 2.87 bits per heavy atom. The molecular formula is C11H11BrFNO. The lowest BCUT2D eigenvalue weighted by Crippen LogP contribution is -2.42. The molecule has 2 nitrogen and oxygen atoms in total. The van der Waals surface area contributed by atoms with E-state index in [-0.39, 0.29) is 16.6 Å². The maximum atomic E-state index is 13.5. The van der Waals surface area contributed by atoms with Crippen LogP contribution in [0.4, 0.5) is 10.1 Å². The van der Waals surface area contributed by atoms with Crippen LogP contribution >= 0.6 is 15.9 Å². The first-order valence-electron chi connectivity index (χ1n) is 4.90. The van der Waals surface area contributed by atoms with Crippen molar-refractivity contribution in [3.8, 4) is 0 Å². The molecule has 0 spiro atoms. The van der Waals surface area contributed by atoms with Crippen molar-refractivity contribution in [2.75, 3.05) is 11.4 Å². The Hall–Kier alpha value is -0.900. The van der Waals surface area contributed by atoms with E-state index < -0.39 is 0 Å². The van der Waals surface area contributed by atoms with Crippen molar-refractivity contribution in [1.82, 2.24) is 0 Å². The maximum Gasteiger partial charge on any atom is 0.240 e. The Morgan fingerprint density at radius 1 is 1.40 bits per heavy atom. The van der Waals surface area contributed by atoms with Gasteiger partial charge in [0.1, 0.15) is 5.82 Å². The maximum absolute atomic E-state index is 13.5. The summed E-state index contributed by atoms with van der Waals surface area (Å²) in [6, 6.07) is 6.38. The average molecular weight is 272 g/mol. The number of carbonyl (C=O) groups excluding carboxylic acids is 1. The van der Waals surface area contributed by atoms with Crippen molar-refractivity contribution < 1.29 is 9.18 Å². The van der Waals surface area contributed by atoms with Crippen LogP contribution in [-0.2, 0) is 4.79 Å². The normalized spacial score (nSPS) is 21.9. The van der Waals surface area contributed by atoms with Gasteiger partial charge in [0, 0.05) is 6.54 Å². The second-order valence-corrected chi connectivity index (χ2v) is 4.66. The summed E-state index contributed by atoms with van der Waals surface area (Å²) in [5, 5.41) is 0. The van der Waals surface area contributed by atoms with Gasteiger partial charge in [0.25, 0.3) is 0 Å². The summed E-state index contributed by atoms with van der Waals surface area (Å²) in [5.74, 6) is -0.390. The van der Waals surface area contributed by atoms with E-state index in [1.165, 1.54) is 11.0 Å². The number of para-hydroxylation sites is 1.